The highest BCUT2D eigenvalue weighted by Crippen LogP contribution is 2.24. The van der Waals surface area contributed by atoms with Crippen LogP contribution < -0.4 is 5.32 Å². The van der Waals surface area contributed by atoms with E-state index in [-0.39, 0.29) is 18.0 Å². The first-order valence-electron chi connectivity index (χ1n) is 7.61. The number of nitro benzene ring substituents is 1. The van der Waals surface area contributed by atoms with Crippen LogP contribution in [0.1, 0.15) is 10.6 Å². The Morgan fingerprint density at radius 2 is 1.84 bits per heavy atom. The van der Waals surface area contributed by atoms with Crippen LogP contribution in [0.25, 0.3) is 11.3 Å². The molecular formula is C18H15N3O3S. The number of nitro groups is 1. The summed E-state index contributed by atoms with van der Waals surface area (Å²) in [5.74, 6) is -0.0894. The summed E-state index contributed by atoms with van der Waals surface area (Å²) < 4.78 is 0. The van der Waals surface area contributed by atoms with E-state index >= 15 is 0 Å². The van der Waals surface area contributed by atoms with Gasteiger partial charge < -0.3 is 5.32 Å². The second kappa shape index (κ2) is 7.67. The fraction of sp³-hybridized carbons (Fsp3) is 0.111. The average Bonchev–Trinajstić information content (AvgIpc) is 3.09. The van der Waals surface area contributed by atoms with Crippen LogP contribution in [0, 0.1) is 10.1 Å². The molecule has 0 bridgehead atoms. The Balaban J connectivity index is 1.59. The second-order valence-corrected chi connectivity index (χ2v) is 6.31. The van der Waals surface area contributed by atoms with Gasteiger partial charge in [-0.05, 0) is 17.7 Å². The summed E-state index contributed by atoms with van der Waals surface area (Å²) in [4.78, 5) is 26.7. The van der Waals surface area contributed by atoms with Crippen LogP contribution in [0.4, 0.5) is 5.69 Å². The van der Waals surface area contributed by atoms with Gasteiger partial charge in [0.15, 0.2) is 0 Å². The van der Waals surface area contributed by atoms with E-state index in [1.54, 1.807) is 12.1 Å². The minimum absolute atomic E-state index is 0.0412. The lowest BCUT2D eigenvalue weighted by molar-refractivity contribution is -0.384. The van der Waals surface area contributed by atoms with Crippen LogP contribution >= 0.6 is 11.3 Å². The second-order valence-electron chi connectivity index (χ2n) is 5.37. The third-order valence-electron chi connectivity index (χ3n) is 3.57. The highest BCUT2D eigenvalue weighted by Gasteiger charge is 2.10. The van der Waals surface area contributed by atoms with Crippen molar-refractivity contribution in [3.05, 3.63) is 80.7 Å². The molecule has 0 atom stereocenters. The SMILES string of the molecule is O=C(Cc1nc(-c2ccc([N+](=O)[O-])cc2)cs1)NCc1ccccc1. The van der Waals surface area contributed by atoms with Crippen molar-refractivity contribution in [2.45, 2.75) is 13.0 Å². The first kappa shape index (κ1) is 16.8. The number of nitrogens with one attached hydrogen (secondary N) is 1. The topological polar surface area (TPSA) is 85.1 Å². The van der Waals surface area contributed by atoms with Crippen molar-refractivity contribution in [2.75, 3.05) is 0 Å². The van der Waals surface area contributed by atoms with Crippen molar-refractivity contribution in [3.8, 4) is 11.3 Å². The van der Waals surface area contributed by atoms with Gasteiger partial charge in [0.2, 0.25) is 5.91 Å². The molecule has 0 aliphatic heterocycles. The molecule has 25 heavy (non-hydrogen) atoms. The Hall–Kier alpha value is -3.06. The summed E-state index contributed by atoms with van der Waals surface area (Å²) in [5, 5.41) is 16.1. The Morgan fingerprint density at radius 1 is 1.12 bits per heavy atom. The van der Waals surface area contributed by atoms with Crippen LogP contribution in [-0.2, 0) is 17.8 Å². The molecule has 1 heterocycles. The lowest BCUT2D eigenvalue weighted by Crippen LogP contribution is -2.24. The predicted molar refractivity (Wildman–Crippen MR) is 96.2 cm³/mol. The smallest absolute Gasteiger partial charge is 0.269 e. The number of amides is 1. The Morgan fingerprint density at radius 3 is 2.52 bits per heavy atom. The largest absolute Gasteiger partial charge is 0.352 e. The third kappa shape index (κ3) is 4.48. The molecule has 0 saturated carbocycles. The molecule has 0 spiro atoms. The number of non-ortho nitro benzene ring substituents is 1. The van der Waals surface area contributed by atoms with Gasteiger partial charge >= 0.3 is 0 Å². The molecule has 1 N–H and O–H groups in total. The highest BCUT2D eigenvalue weighted by atomic mass is 32.1. The van der Waals surface area contributed by atoms with Gasteiger partial charge in [0.05, 0.1) is 17.0 Å². The number of aromatic nitrogens is 1. The van der Waals surface area contributed by atoms with Gasteiger partial charge in [-0.2, -0.15) is 0 Å². The van der Waals surface area contributed by atoms with E-state index in [4.69, 9.17) is 0 Å². The Kier molecular flexibility index (Phi) is 5.15. The number of hydrogen-bond acceptors (Lipinski definition) is 5. The molecule has 0 aliphatic carbocycles. The van der Waals surface area contributed by atoms with E-state index in [9.17, 15) is 14.9 Å². The van der Waals surface area contributed by atoms with Crippen molar-refractivity contribution in [3.63, 3.8) is 0 Å². The number of carbonyl (C=O) groups is 1. The Labute approximate surface area is 148 Å². The third-order valence-corrected chi connectivity index (χ3v) is 4.42. The summed E-state index contributed by atoms with van der Waals surface area (Å²) in [7, 11) is 0. The van der Waals surface area contributed by atoms with Gasteiger partial charge in [0.25, 0.3) is 5.69 Å². The average molecular weight is 353 g/mol. The lowest BCUT2D eigenvalue weighted by Gasteiger charge is -2.03. The highest BCUT2D eigenvalue weighted by molar-refractivity contribution is 7.10. The zero-order valence-corrected chi connectivity index (χ0v) is 14.0. The predicted octanol–water partition coefficient (Wildman–Crippen LogP) is 3.58. The van der Waals surface area contributed by atoms with Gasteiger partial charge in [-0.3, -0.25) is 14.9 Å². The number of carbonyl (C=O) groups excluding carboxylic acids is 1. The number of thiazole rings is 1. The summed E-state index contributed by atoms with van der Waals surface area (Å²) in [6, 6.07) is 15.9. The minimum atomic E-state index is -0.437. The van der Waals surface area contributed by atoms with Gasteiger partial charge in [0, 0.05) is 29.6 Å². The maximum absolute atomic E-state index is 12.0. The molecule has 3 aromatic rings. The molecule has 0 radical (unpaired) electrons. The maximum Gasteiger partial charge on any atom is 0.269 e. The van der Waals surface area contributed by atoms with Gasteiger partial charge in [-0.25, -0.2) is 4.98 Å². The van der Waals surface area contributed by atoms with Crippen molar-refractivity contribution in [1.82, 2.24) is 10.3 Å². The van der Waals surface area contributed by atoms with Crippen LogP contribution in [0.3, 0.4) is 0 Å². The molecule has 0 fully saturated rings. The van der Waals surface area contributed by atoms with Gasteiger partial charge in [-0.15, -0.1) is 11.3 Å². The first-order chi connectivity index (χ1) is 12.1. The molecule has 0 saturated heterocycles. The zero-order valence-electron chi connectivity index (χ0n) is 13.2. The molecule has 1 aromatic heterocycles. The van der Waals surface area contributed by atoms with Crippen LogP contribution in [0.15, 0.2) is 60.0 Å². The molecule has 1 amide bonds. The molecule has 3 rings (SSSR count). The van der Waals surface area contributed by atoms with Crippen LogP contribution in [-0.4, -0.2) is 15.8 Å². The number of rotatable bonds is 6. The van der Waals surface area contributed by atoms with E-state index < -0.39 is 4.92 Å². The normalized spacial score (nSPS) is 10.4. The van der Waals surface area contributed by atoms with E-state index in [0.29, 0.717) is 17.2 Å². The quantitative estimate of drug-likeness (QED) is 0.542. The first-order valence-corrected chi connectivity index (χ1v) is 8.49. The van der Waals surface area contributed by atoms with Crippen molar-refractivity contribution in [2.24, 2.45) is 0 Å². The fourth-order valence-corrected chi connectivity index (χ4v) is 3.08. The van der Waals surface area contributed by atoms with E-state index in [2.05, 4.69) is 10.3 Å². The molecular weight excluding hydrogens is 338 g/mol. The number of benzene rings is 2. The molecule has 7 heteroatoms. The van der Waals surface area contributed by atoms with E-state index in [1.165, 1.54) is 23.5 Å². The molecule has 2 aromatic carbocycles. The summed E-state index contributed by atoms with van der Waals surface area (Å²) in [5.41, 5.74) is 2.59. The standard InChI is InChI=1S/C18H15N3O3S/c22-17(19-11-13-4-2-1-3-5-13)10-18-20-16(12-25-18)14-6-8-15(9-7-14)21(23)24/h1-9,12H,10-11H2,(H,19,22). The van der Waals surface area contributed by atoms with Crippen LogP contribution in [0.5, 0.6) is 0 Å². The number of hydrogen-bond donors (Lipinski definition) is 1. The van der Waals surface area contributed by atoms with Crippen molar-refractivity contribution >= 4 is 22.9 Å². The summed E-state index contributed by atoms with van der Waals surface area (Å²) >= 11 is 1.40. The van der Waals surface area contributed by atoms with Crippen molar-refractivity contribution < 1.29 is 9.72 Å². The maximum atomic E-state index is 12.0. The van der Waals surface area contributed by atoms with E-state index in [0.717, 1.165) is 11.1 Å². The Bertz CT molecular complexity index is 876. The van der Waals surface area contributed by atoms with Gasteiger partial charge in [-0.1, -0.05) is 30.3 Å². The minimum Gasteiger partial charge on any atom is -0.352 e. The molecule has 6 nitrogen and oxygen atoms in total. The van der Waals surface area contributed by atoms with Gasteiger partial charge in [0.1, 0.15) is 5.01 Å². The zero-order chi connectivity index (χ0) is 17.6. The summed E-state index contributed by atoms with van der Waals surface area (Å²) in [6.45, 7) is 0.486. The molecule has 126 valence electrons. The molecule has 0 unspecified atom stereocenters. The van der Waals surface area contributed by atoms with Crippen LogP contribution in [0.2, 0.25) is 0 Å². The lowest BCUT2D eigenvalue weighted by atomic mass is 10.1. The van der Waals surface area contributed by atoms with Crippen molar-refractivity contribution in [1.29, 1.82) is 0 Å². The monoisotopic (exact) mass is 353 g/mol. The van der Waals surface area contributed by atoms with E-state index in [1.807, 2.05) is 35.7 Å². The molecule has 0 aliphatic rings. The summed E-state index contributed by atoms with van der Waals surface area (Å²) in [6.07, 6.45) is 0.213. The fourth-order valence-electron chi connectivity index (χ4n) is 2.27. The number of nitrogens with zero attached hydrogens (tertiary/aromatic N) is 2.